The average molecular weight is 206 g/mol. The van der Waals surface area contributed by atoms with Crippen molar-refractivity contribution < 1.29 is 9.48 Å². The molecule has 1 aromatic carbocycles. The molecule has 1 aromatic rings. The Balaban J connectivity index is 3.17. The van der Waals surface area contributed by atoms with Crippen LogP contribution in [0.1, 0.15) is 0 Å². The molecular weight excluding hydrogens is 202 g/mol. The maximum Gasteiger partial charge on any atom is 0.289 e. The van der Waals surface area contributed by atoms with Gasteiger partial charge in [0.1, 0.15) is 5.02 Å². The smallest absolute Gasteiger partial charge is 0.289 e. The quantitative estimate of drug-likeness (QED) is 0.458. The van der Waals surface area contributed by atoms with Crippen LogP contribution in [0.15, 0.2) is 23.1 Å². The third-order valence-electron chi connectivity index (χ3n) is 1.22. The molecule has 0 atom stereocenters. The van der Waals surface area contributed by atoms with Gasteiger partial charge in [-0.1, -0.05) is 11.6 Å². The first-order valence-corrected chi connectivity index (χ1v) is 4.05. The highest BCUT2D eigenvalue weighted by molar-refractivity contribution is 7.93. The second-order valence-corrected chi connectivity index (χ2v) is 3.02. The zero-order valence-electron chi connectivity index (χ0n) is 5.73. The summed E-state index contributed by atoms with van der Waals surface area (Å²) in [6, 6.07) is 4.09. The summed E-state index contributed by atoms with van der Waals surface area (Å²) in [6.07, 6.45) is 0. The van der Waals surface area contributed by atoms with Gasteiger partial charge in [0, 0.05) is 23.0 Å². The average Bonchev–Trinajstić information content (AvgIpc) is 2.05. The van der Waals surface area contributed by atoms with Crippen LogP contribution in [0.2, 0.25) is 5.02 Å². The van der Waals surface area contributed by atoms with Crippen molar-refractivity contribution in [1.82, 2.24) is 0 Å². The maximum absolute atomic E-state index is 10.3. The van der Waals surface area contributed by atoms with Crippen molar-refractivity contribution in [3.63, 3.8) is 0 Å². The van der Waals surface area contributed by atoms with Gasteiger partial charge >= 0.3 is 0 Å². The molecule has 0 saturated heterocycles. The lowest BCUT2D eigenvalue weighted by molar-refractivity contribution is -0.384. The fraction of sp³-hybridized carbons (Fsp3) is 0. The van der Waals surface area contributed by atoms with Gasteiger partial charge in [-0.3, -0.25) is 10.1 Å². The van der Waals surface area contributed by atoms with Crippen LogP contribution in [0, 0.1) is 10.1 Å². The van der Waals surface area contributed by atoms with Crippen molar-refractivity contribution >= 4 is 29.3 Å². The van der Waals surface area contributed by atoms with E-state index in [0.29, 0.717) is 16.9 Å². The van der Waals surface area contributed by atoms with Gasteiger partial charge in [0.2, 0.25) is 0 Å². The highest BCUT2D eigenvalue weighted by Crippen LogP contribution is 2.28. The number of hydrogen-bond donors (Lipinski definition) is 1. The third kappa shape index (κ3) is 1.88. The molecule has 12 heavy (non-hydrogen) atoms. The van der Waals surface area contributed by atoms with Crippen molar-refractivity contribution in [3.8, 4) is 0 Å². The van der Waals surface area contributed by atoms with Crippen LogP contribution in [-0.4, -0.2) is 9.48 Å². The van der Waals surface area contributed by atoms with E-state index in [4.69, 9.17) is 16.2 Å². The van der Waals surface area contributed by atoms with Gasteiger partial charge in [-0.2, -0.15) is 0 Å². The van der Waals surface area contributed by atoms with Crippen molar-refractivity contribution in [3.05, 3.63) is 33.3 Å². The molecule has 64 valence electrons. The Morgan fingerprint density at radius 2 is 2.25 bits per heavy atom. The van der Waals surface area contributed by atoms with E-state index in [1.165, 1.54) is 18.2 Å². The molecule has 0 aliphatic rings. The molecule has 6 heteroatoms. The highest BCUT2D eigenvalue weighted by atomic mass is 35.5. The van der Waals surface area contributed by atoms with Crippen LogP contribution in [-0.2, 0) is 0 Å². The zero-order valence-corrected chi connectivity index (χ0v) is 7.30. The van der Waals surface area contributed by atoms with Gasteiger partial charge < -0.3 is 4.55 Å². The van der Waals surface area contributed by atoms with Crippen LogP contribution in [0.25, 0.3) is 0 Å². The van der Waals surface area contributed by atoms with Gasteiger partial charge in [-0.05, 0) is 12.1 Å². The number of nitro benzene ring substituents is 1. The summed E-state index contributed by atoms with van der Waals surface area (Å²) < 4.78 is 8.59. The Bertz CT molecular complexity index is 318. The van der Waals surface area contributed by atoms with E-state index in [0.717, 1.165) is 0 Å². The van der Waals surface area contributed by atoms with Crippen molar-refractivity contribution in [1.29, 1.82) is 0 Å². The molecule has 1 rings (SSSR count). The molecule has 0 aliphatic carbocycles. The minimum Gasteiger partial charge on any atom is -0.325 e. The molecule has 1 N–H and O–H groups in total. The SMILES string of the molecule is O=[N+]([O-])c1cc(SO)ccc1Cl. The topological polar surface area (TPSA) is 63.4 Å². The van der Waals surface area contributed by atoms with Crippen LogP contribution in [0.3, 0.4) is 0 Å². The molecule has 0 heterocycles. The van der Waals surface area contributed by atoms with E-state index in [1.54, 1.807) is 0 Å². The van der Waals surface area contributed by atoms with E-state index >= 15 is 0 Å². The highest BCUT2D eigenvalue weighted by Gasteiger charge is 2.12. The second kappa shape index (κ2) is 3.75. The molecule has 0 fully saturated rings. The Labute approximate surface area is 77.5 Å². The van der Waals surface area contributed by atoms with Crippen molar-refractivity contribution in [2.45, 2.75) is 4.90 Å². The first kappa shape index (κ1) is 9.31. The van der Waals surface area contributed by atoms with Crippen LogP contribution >= 0.6 is 23.6 Å². The molecule has 0 aromatic heterocycles. The summed E-state index contributed by atoms with van der Waals surface area (Å²) in [5.41, 5.74) is -0.198. The summed E-state index contributed by atoms with van der Waals surface area (Å²) in [5.74, 6) is 0. The van der Waals surface area contributed by atoms with E-state index in [9.17, 15) is 10.1 Å². The number of halogens is 1. The Morgan fingerprint density at radius 1 is 1.58 bits per heavy atom. The van der Waals surface area contributed by atoms with Gasteiger partial charge in [0.15, 0.2) is 0 Å². The van der Waals surface area contributed by atoms with Crippen molar-refractivity contribution in [2.24, 2.45) is 0 Å². The number of benzene rings is 1. The van der Waals surface area contributed by atoms with E-state index in [2.05, 4.69) is 0 Å². The van der Waals surface area contributed by atoms with Crippen LogP contribution in [0.4, 0.5) is 5.69 Å². The first-order chi connectivity index (χ1) is 5.65. The Morgan fingerprint density at radius 3 is 2.75 bits per heavy atom. The molecule has 4 nitrogen and oxygen atoms in total. The van der Waals surface area contributed by atoms with Crippen LogP contribution < -0.4 is 0 Å². The molecule has 0 saturated carbocycles. The third-order valence-corrected chi connectivity index (χ3v) is 2.00. The van der Waals surface area contributed by atoms with Gasteiger partial charge in [-0.15, -0.1) is 0 Å². The van der Waals surface area contributed by atoms with Gasteiger partial charge in [-0.25, -0.2) is 0 Å². The van der Waals surface area contributed by atoms with E-state index in [1.807, 2.05) is 0 Å². The molecular formula is C6H4ClNO3S. The lowest BCUT2D eigenvalue weighted by atomic mass is 10.3. The molecule has 0 aliphatic heterocycles. The fourth-order valence-corrected chi connectivity index (χ4v) is 1.17. The molecule has 0 radical (unpaired) electrons. The Kier molecular flexibility index (Phi) is 2.91. The van der Waals surface area contributed by atoms with E-state index in [-0.39, 0.29) is 10.7 Å². The summed E-state index contributed by atoms with van der Waals surface area (Å²) in [5, 5.41) is 10.4. The first-order valence-electron chi connectivity index (χ1n) is 2.90. The number of nitro groups is 1. The summed E-state index contributed by atoms with van der Waals surface area (Å²) in [4.78, 5) is 10.1. The minimum atomic E-state index is -0.595. The summed E-state index contributed by atoms with van der Waals surface area (Å²) in [6.45, 7) is 0. The normalized spacial score (nSPS) is 9.83. The molecule has 0 spiro atoms. The fourth-order valence-electron chi connectivity index (χ4n) is 0.689. The number of rotatable bonds is 2. The zero-order chi connectivity index (χ0) is 9.14. The largest absolute Gasteiger partial charge is 0.325 e. The second-order valence-electron chi connectivity index (χ2n) is 1.96. The monoisotopic (exact) mass is 205 g/mol. The Hall–Kier alpha value is -0.780. The maximum atomic E-state index is 10.3. The summed E-state index contributed by atoms with van der Waals surface area (Å²) >= 11 is 5.96. The van der Waals surface area contributed by atoms with E-state index < -0.39 is 4.92 Å². The predicted molar refractivity (Wildman–Crippen MR) is 46.6 cm³/mol. The minimum absolute atomic E-state index is 0.0674. The molecule has 0 bridgehead atoms. The van der Waals surface area contributed by atoms with Crippen molar-refractivity contribution in [2.75, 3.05) is 0 Å². The molecule has 0 amide bonds. The van der Waals surface area contributed by atoms with Crippen LogP contribution in [0.5, 0.6) is 0 Å². The van der Waals surface area contributed by atoms with Gasteiger partial charge in [0.25, 0.3) is 5.69 Å². The number of hydrogen-bond acceptors (Lipinski definition) is 4. The molecule has 0 unspecified atom stereocenters. The standard InChI is InChI=1S/C6H4ClNO3S/c7-5-2-1-4(12-11)3-6(5)8(9)10/h1-3,11H. The predicted octanol–water partition coefficient (Wildman–Crippen LogP) is 2.81. The lowest BCUT2D eigenvalue weighted by Gasteiger charge is -1.96. The lowest BCUT2D eigenvalue weighted by Crippen LogP contribution is -1.88. The summed E-state index contributed by atoms with van der Waals surface area (Å²) in [7, 11) is 0. The van der Waals surface area contributed by atoms with Gasteiger partial charge in [0.05, 0.1) is 4.92 Å². The number of nitrogens with zero attached hydrogens (tertiary/aromatic N) is 1.